The predicted molar refractivity (Wildman–Crippen MR) is 129 cm³/mol. The summed E-state index contributed by atoms with van der Waals surface area (Å²) >= 11 is 0. The summed E-state index contributed by atoms with van der Waals surface area (Å²) in [5.41, 5.74) is 2.58. The molecule has 0 unspecified atom stereocenters. The minimum Gasteiger partial charge on any atom is -0.378 e. The quantitative estimate of drug-likeness (QED) is 0.256. The highest BCUT2D eigenvalue weighted by Gasteiger charge is 2.14. The highest BCUT2D eigenvalue weighted by molar-refractivity contribution is 14.0. The van der Waals surface area contributed by atoms with Crippen molar-refractivity contribution >= 4 is 35.6 Å². The number of piperidine rings is 1. The lowest BCUT2D eigenvalue weighted by molar-refractivity contribution is 0.191. The molecule has 1 aromatic rings. The molecule has 1 fully saturated rings. The molecule has 0 saturated carbocycles. The number of rotatable bonds is 8. The van der Waals surface area contributed by atoms with Crippen LogP contribution in [0.1, 0.15) is 31.7 Å². The molecule has 1 aliphatic heterocycles. The molecular formula is C21H38IN5. The van der Waals surface area contributed by atoms with Crippen molar-refractivity contribution in [2.45, 2.75) is 32.6 Å². The number of aliphatic imine (C=N–C) groups is 1. The summed E-state index contributed by atoms with van der Waals surface area (Å²) in [4.78, 5) is 9.04. The van der Waals surface area contributed by atoms with Crippen molar-refractivity contribution in [2.75, 3.05) is 58.8 Å². The lowest BCUT2D eigenvalue weighted by atomic mass is 9.99. The number of benzene rings is 1. The molecule has 0 amide bonds. The smallest absolute Gasteiger partial charge is 0.190 e. The molecule has 1 aliphatic rings. The normalized spacial score (nSPS) is 15.9. The first-order valence-electron chi connectivity index (χ1n) is 10.0. The number of hydrogen-bond donors (Lipinski definition) is 2. The van der Waals surface area contributed by atoms with Crippen LogP contribution in [-0.4, -0.2) is 64.7 Å². The molecule has 0 spiro atoms. The van der Waals surface area contributed by atoms with Crippen LogP contribution in [0.3, 0.4) is 0 Å². The number of guanidine groups is 1. The monoisotopic (exact) mass is 487 g/mol. The van der Waals surface area contributed by atoms with Crippen molar-refractivity contribution in [1.29, 1.82) is 0 Å². The van der Waals surface area contributed by atoms with Crippen LogP contribution in [0, 0.1) is 5.92 Å². The lowest BCUT2D eigenvalue weighted by Gasteiger charge is -2.30. The van der Waals surface area contributed by atoms with E-state index in [0.29, 0.717) is 0 Å². The average Bonchev–Trinajstić information content (AvgIpc) is 2.65. The molecule has 1 saturated heterocycles. The fourth-order valence-corrected chi connectivity index (χ4v) is 3.30. The summed E-state index contributed by atoms with van der Waals surface area (Å²) in [7, 11) is 5.98. The van der Waals surface area contributed by atoms with E-state index < -0.39 is 0 Å². The Morgan fingerprint density at radius 1 is 1.11 bits per heavy atom. The van der Waals surface area contributed by atoms with Crippen molar-refractivity contribution in [1.82, 2.24) is 15.5 Å². The summed E-state index contributed by atoms with van der Waals surface area (Å²) < 4.78 is 0. The number of anilines is 1. The van der Waals surface area contributed by atoms with E-state index in [1.807, 2.05) is 7.05 Å². The maximum absolute atomic E-state index is 4.32. The Labute approximate surface area is 183 Å². The van der Waals surface area contributed by atoms with Gasteiger partial charge in [-0.05, 0) is 68.9 Å². The fraction of sp³-hybridized carbons (Fsp3) is 0.667. The van der Waals surface area contributed by atoms with Crippen molar-refractivity contribution in [2.24, 2.45) is 10.9 Å². The number of hydrogen-bond acceptors (Lipinski definition) is 3. The fourth-order valence-electron chi connectivity index (χ4n) is 3.30. The first kappa shape index (κ1) is 24.0. The predicted octanol–water partition coefficient (Wildman–Crippen LogP) is 3.20. The molecule has 2 N–H and O–H groups in total. The van der Waals surface area contributed by atoms with Gasteiger partial charge in [-0.1, -0.05) is 19.1 Å². The van der Waals surface area contributed by atoms with Gasteiger partial charge in [0.1, 0.15) is 0 Å². The van der Waals surface area contributed by atoms with Gasteiger partial charge >= 0.3 is 0 Å². The van der Waals surface area contributed by atoms with Crippen molar-refractivity contribution < 1.29 is 0 Å². The van der Waals surface area contributed by atoms with Crippen LogP contribution >= 0.6 is 24.0 Å². The highest BCUT2D eigenvalue weighted by atomic mass is 127. The Kier molecular flexibility index (Phi) is 11.7. The Morgan fingerprint density at radius 2 is 1.74 bits per heavy atom. The molecule has 0 aromatic heterocycles. The second kappa shape index (κ2) is 13.2. The zero-order valence-corrected chi connectivity index (χ0v) is 19.8. The van der Waals surface area contributed by atoms with E-state index >= 15 is 0 Å². The van der Waals surface area contributed by atoms with E-state index in [9.17, 15) is 0 Å². The summed E-state index contributed by atoms with van der Waals surface area (Å²) in [6, 6.07) is 8.74. The van der Waals surface area contributed by atoms with Gasteiger partial charge in [0, 0.05) is 39.9 Å². The van der Waals surface area contributed by atoms with E-state index in [1.54, 1.807) is 0 Å². The Balaban J connectivity index is 0.00000364. The van der Waals surface area contributed by atoms with Gasteiger partial charge in [0.05, 0.1) is 0 Å². The van der Waals surface area contributed by atoms with E-state index in [1.165, 1.54) is 50.1 Å². The summed E-state index contributed by atoms with van der Waals surface area (Å²) in [5.74, 6) is 1.81. The molecule has 0 bridgehead atoms. The minimum absolute atomic E-state index is 0. The zero-order valence-electron chi connectivity index (χ0n) is 17.5. The second-order valence-corrected chi connectivity index (χ2v) is 7.61. The molecular weight excluding hydrogens is 449 g/mol. The molecule has 2 rings (SSSR count). The molecule has 1 aromatic carbocycles. The zero-order chi connectivity index (χ0) is 18.8. The first-order valence-corrected chi connectivity index (χ1v) is 10.0. The van der Waals surface area contributed by atoms with Crippen LogP contribution in [0.25, 0.3) is 0 Å². The largest absolute Gasteiger partial charge is 0.378 e. The first-order chi connectivity index (χ1) is 12.6. The molecule has 5 nitrogen and oxygen atoms in total. The third-order valence-corrected chi connectivity index (χ3v) is 5.20. The van der Waals surface area contributed by atoms with Crippen LogP contribution in [0.5, 0.6) is 0 Å². The Bertz CT molecular complexity index is 536. The topological polar surface area (TPSA) is 42.9 Å². The number of nitrogens with zero attached hydrogens (tertiary/aromatic N) is 3. The van der Waals surface area contributed by atoms with Crippen LogP contribution in [0.4, 0.5) is 5.69 Å². The Hall–Kier alpha value is -1.02. The molecule has 1 heterocycles. The van der Waals surface area contributed by atoms with Crippen molar-refractivity contribution in [3.8, 4) is 0 Å². The van der Waals surface area contributed by atoms with Crippen LogP contribution < -0.4 is 15.5 Å². The van der Waals surface area contributed by atoms with E-state index in [2.05, 4.69) is 70.7 Å². The van der Waals surface area contributed by atoms with E-state index in [-0.39, 0.29) is 24.0 Å². The minimum atomic E-state index is 0. The van der Waals surface area contributed by atoms with Gasteiger partial charge in [-0.3, -0.25) is 4.99 Å². The number of halogens is 1. The van der Waals surface area contributed by atoms with Gasteiger partial charge in [-0.15, -0.1) is 24.0 Å². The van der Waals surface area contributed by atoms with Gasteiger partial charge in [0.15, 0.2) is 5.96 Å². The highest BCUT2D eigenvalue weighted by Crippen LogP contribution is 2.15. The van der Waals surface area contributed by atoms with Crippen molar-refractivity contribution in [3.05, 3.63) is 29.8 Å². The van der Waals surface area contributed by atoms with Gasteiger partial charge in [-0.25, -0.2) is 0 Å². The average molecular weight is 487 g/mol. The maximum atomic E-state index is 4.32. The molecule has 0 atom stereocenters. The van der Waals surface area contributed by atoms with E-state index in [0.717, 1.165) is 31.4 Å². The summed E-state index contributed by atoms with van der Waals surface area (Å²) in [6.45, 7) is 7.95. The van der Waals surface area contributed by atoms with Crippen LogP contribution in [0.15, 0.2) is 29.3 Å². The van der Waals surface area contributed by atoms with Crippen molar-refractivity contribution in [3.63, 3.8) is 0 Å². The summed E-state index contributed by atoms with van der Waals surface area (Å²) in [6.07, 6.45) is 4.87. The molecule has 154 valence electrons. The van der Waals surface area contributed by atoms with Crippen LogP contribution in [0.2, 0.25) is 0 Å². The van der Waals surface area contributed by atoms with Gasteiger partial charge < -0.3 is 20.4 Å². The molecule has 6 heteroatoms. The molecule has 27 heavy (non-hydrogen) atoms. The number of likely N-dealkylation sites (tertiary alicyclic amines) is 1. The van der Waals surface area contributed by atoms with Crippen LogP contribution in [-0.2, 0) is 6.42 Å². The number of nitrogens with one attached hydrogen (secondary N) is 2. The SMILES string of the molecule is CN=C(NCCCN1CCC(C)CC1)NCCc1ccc(N(C)C)cc1.I. The summed E-state index contributed by atoms with van der Waals surface area (Å²) in [5, 5.41) is 6.85. The second-order valence-electron chi connectivity index (χ2n) is 7.61. The standard InChI is InChI=1S/C21H37N5.HI/c1-18-11-16-26(17-12-18)15-5-13-23-21(22-2)24-14-10-19-6-8-20(9-7-19)25(3)4;/h6-9,18H,5,10-17H2,1-4H3,(H2,22,23,24);1H. The third kappa shape index (κ3) is 9.14. The molecule has 0 radical (unpaired) electrons. The van der Waals surface area contributed by atoms with Gasteiger partial charge in [0.2, 0.25) is 0 Å². The molecule has 0 aliphatic carbocycles. The Morgan fingerprint density at radius 3 is 2.33 bits per heavy atom. The third-order valence-electron chi connectivity index (χ3n) is 5.20. The maximum Gasteiger partial charge on any atom is 0.190 e. The van der Waals surface area contributed by atoms with Gasteiger partial charge in [0.25, 0.3) is 0 Å². The lowest BCUT2D eigenvalue weighted by Crippen LogP contribution is -2.40. The van der Waals surface area contributed by atoms with E-state index in [4.69, 9.17) is 0 Å². The van der Waals surface area contributed by atoms with Gasteiger partial charge in [-0.2, -0.15) is 0 Å².